The van der Waals surface area contributed by atoms with E-state index in [1.54, 1.807) is 19.5 Å². The molecule has 0 unspecified atom stereocenters. The monoisotopic (exact) mass is 498 g/mol. The summed E-state index contributed by atoms with van der Waals surface area (Å²) in [6, 6.07) is 5.91. The van der Waals surface area contributed by atoms with E-state index in [1.807, 2.05) is 43.9 Å². The zero-order valence-electron chi connectivity index (χ0n) is 22.0. The van der Waals surface area contributed by atoms with Crippen molar-refractivity contribution in [2.24, 2.45) is 7.05 Å². The van der Waals surface area contributed by atoms with Crippen LogP contribution in [0.3, 0.4) is 0 Å². The number of aryl methyl sites for hydroxylation is 3. The lowest BCUT2D eigenvalue weighted by Crippen LogP contribution is -2.48. The number of anilines is 1. The highest BCUT2D eigenvalue weighted by Crippen LogP contribution is 2.33. The number of nitrogens with zero attached hydrogens (tertiary/aromatic N) is 8. The van der Waals surface area contributed by atoms with E-state index in [9.17, 15) is 0 Å². The number of hydrogen-bond acceptors (Lipinski definition) is 8. The van der Waals surface area contributed by atoms with Gasteiger partial charge in [-0.15, -0.1) is 0 Å². The molecule has 0 spiro atoms. The Labute approximate surface area is 214 Å². The summed E-state index contributed by atoms with van der Waals surface area (Å²) in [5, 5.41) is 5.72. The predicted octanol–water partition coefficient (Wildman–Crippen LogP) is 4.00. The molecule has 10 heteroatoms. The van der Waals surface area contributed by atoms with Gasteiger partial charge in [0.1, 0.15) is 17.1 Å². The summed E-state index contributed by atoms with van der Waals surface area (Å²) < 4.78 is 15.5. The molecule has 37 heavy (non-hydrogen) atoms. The first-order valence-electron chi connectivity index (χ1n) is 12.3. The van der Waals surface area contributed by atoms with E-state index < -0.39 is 0 Å². The van der Waals surface area contributed by atoms with E-state index >= 15 is 0 Å². The zero-order chi connectivity index (χ0) is 25.9. The van der Waals surface area contributed by atoms with Crippen LogP contribution in [0.2, 0.25) is 0 Å². The maximum absolute atomic E-state index is 5.97. The first-order valence-corrected chi connectivity index (χ1v) is 12.3. The van der Waals surface area contributed by atoms with Gasteiger partial charge >= 0.3 is 0 Å². The molecule has 1 fully saturated rings. The highest BCUT2D eigenvalue weighted by Gasteiger charge is 2.30. The topological polar surface area (TPSA) is 96.0 Å². The SMILES string of the molecule is COc1ccncc1-c1cc2c(cnn2-c2cc3c(nc(C)n3C)c(N3CCOC(C)(C)C3)n2)c(C)n1. The summed E-state index contributed by atoms with van der Waals surface area (Å²) in [6.07, 6.45) is 5.33. The van der Waals surface area contributed by atoms with Gasteiger partial charge in [-0.2, -0.15) is 5.10 Å². The summed E-state index contributed by atoms with van der Waals surface area (Å²) in [5.41, 5.74) is 4.99. The van der Waals surface area contributed by atoms with Crippen molar-refractivity contribution in [3.8, 4) is 22.8 Å². The van der Waals surface area contributed by atoms with Crippen molar-refractivity contribution in [1.29, 1.82) is 0 Å². The van der Waals surface area contributed by atoms with Gasteiger partial charge < -0.3 is 18.9 Å². The van der Waals surface area contributed by atoms with E-state index in [1.165, 1.54) is 0 Å². The smallest absolute Gasteiger partial charge is 0.159 e. The van der Waals surface area contributed by atoms with Crippen LogP contribution in [-0.2, 0) is 11.8 Å². The van der Waals surface area contributed by atoms with Crippen molar-refractivity contribution >= 4 is 27.8 Å². The molecule has 5 aromatic rings. The summed E-state index contributed by atoms with van der Waals surface area (Å²) >= 11 is 0. The molecule has 0 aromatic carbocycles. The Kier molecular flexibility index (Phi) is 5.38. The molecule has 0 amide bonds. The van der Waals surface area contributed by atoms with Crippen molar-refractivity contribution in [2.75, 3.05) is 31.7 Å². The van der Waals surface area contributed by atoms with E-state index in [2.05, 4.69) is 34.4 Å². The van der Waals surface area contributed by atoms with Crippen molar-refractivity contribution in [1.82, 2.24) is 34.3 Å². The molecule has 1 aliphatic heterocycles. The number of fused-ring (bicyclic) bond motifs is 2. The standard InChI is InChI=1S/C27H30N8O2/c1-16-18-14-29-35(21(18)11-20(30-16)19-13-28-8-7-23(19)36-6)24-12-22-25(31-17(2)33(22)5)26(32-24)34-9-10-37-27(3,4)15-34/h7-8,11-14H,9-10,15H2,1-6H3. The quantitative estimate of drug-likeness (QED) is 0.367. The van der Waals surface area contributed by atoms with Crippen molar-refractivity contribution < 1.29 is 9.47 Å². The number of rotatable bonds is 4. The number of morpholine rings is 1. The second-order valence-corrected chi connectivity index (χ2v) is 10.1. The Morgan fingerprint density at radius 1 is 1.05 bits per heavy atom. The predicted molar refractivity (Wildman–Crippen MR) is 142 cm³/mol. The summed E-state index contributed by atoms with van der Waals surface area (Å²) in [7, 11) is 3.68. The minimum atomic E-state index is -0.273. The molecule has 1 aliphatic rings. The second kappa shape index (κ2) is 8.52. The molecule has 10 nitrogen and oxygen atoms in total. The van der Waals surface area contributed by atoms with Gasteiger partial charge in [0.05, 0.1) is 47.8 Å². The Bertz CT molecular complexity index is 1650. The third-order valence-electron chi connectivity index (χ3n) is 7.04. The van der Waals surface area contributed by atoms with Crippen LogP contribution in [0, 0.1) is 13.8 Å². The van der Waals surface area contributed by atoms with E-state index in [0.29, 0.717) is 6.61 Å². The van der Waals surface area contributed by atoms with E-state index in [-0.39, 0.29) is 5.60 Å². The summed E-state index contributed by atoms with van der Waals surface area (Å²) in [4.78, 5) is 21.4. The van der Waals surface area contributed by atoms with Gasteiger partial charge in [0.2, 0.25) is 0 Å². The molecule has 6 rings (SSSR count). The Hall–Kier alpha value is -4.05. The van der Waals surface area contributed by atoms with E-state index in [4.69, 9.17) is 29.5 Å². The van der Waals surface area contributed by atoms with Crippen LogP contribution in [0.5, 0.6) is 5.75 Å². The summed E-state index contributed by atoms with van der Waals surface area (Å²) in [6.45, 7) is 10.3. The van der Waals surface area contributed by atoms with Crippen LogP contribution in [0.1, 0.15) is 25.4 Å². The molecule has 0 bridgehead atoms. The fourth-order valence-electron chi connectivity index (χ4n) is 5.05. The van der Waals surface area contributed by atoms with Crippen molar-refractivity contribution in [3.05, 3.63) is 48.3 Å². The normalized spacial score (nSPS) is 15.6. The van der Waals surface area contributed by atoms with Crippen LogP contribution < -0.4 is 9.64 Å². The van der Waals surface area contributed by atoms with Gasteiger partial charge in [0.25, 0.3) is 0 Å². The van der Waals surface area contributed by atoms with Crippen LogP contribution in [0.25, 0.3) is 39.0 Å². The molecular weight excluding hydrogens is 468 g/mol. The highest BCUT2D eigenvalue weighted by atomic mass is 16.5. The zero-order valence-corrected chi connectivity index (χ0v) is 22.0. The Balaban J connectivity index is 1.57. The lowest BCUT2D eigenvalue weighted by Gasteiger charge is -2.38. The van der Waals surface area contributed by atoms with Crippen LogP contribution in [-0.4, -0.2) is 66.7 Å². The molecule has 190 valence electrons. The Morgan fingerprint density at radius 3 is 2.68 bits per heavy atom. The maximum Gasteiger partial charge on any atom is 0.159 e. The summed E-state index contributed by atoms with van der Waals surface area (Å²) in [5.74, 6) is 3.21. The second-order valence-electron chi connectivity index (χ2n) is 10.1. The minimum absolute atomic E-state index is 0.273. The third-order valence-corrected chi connectivity index (χ3v) is 7.04. The van der Waals surface area contributed by atoms with E-state index in [0.717, 1.165) is 75.2 Å². The number of imidazole rings is 1. The number of pyridine rings is 3. The minimum Gasteiger partial charge on any atom is -0.496 e. The lowest BCUT2D eigenvalue weighted by atomic mass is 10.1. The van der Waals surface area contributed by atoms with Gasteiger partial charge in [-0.25, -0.2) is 14.6 Å². The fraction of sp³-hybridized carbons (Fsp3) is 0.370. The van der Waals surface area contributed by atoms with Gasteiger partial charge in [-0.1, -0.05) is 0 Å². The molecule has 0 saturated carbocycles. The van der Waals surface area contributed by atoms with Crippen LogP contribution in [0.15, 0.2) is 36.8 Å². The Morgan fingerprint density at radius 2 is 1.89 bits per heavy atom. The van der Waals surface area contributed by atoms with Gasteiger partial charge in [-0.05, 0) is 39.8 Å². The van der Waals surface area contributed by atoms with Crippen molar-refractivity contribution in [3.63, 3.8) is 0 Å². The number of aromatic nitrogens is 7. The molecule has 0 radical (unpaired) electrons. The fourth-order valence-corrected chi connectivity index (χ4v) is 5.05. The molecule has 0 N–H and O–H groups in total. The van der Waals surface area contributed by atoms with Crippen LogP contribution in [0.4, 0.5) is 5.82 Å². The largest absolute Gasteiger partial charge is 0.496 e. The third kappa shape index (κ3) is 3.88. The average molecular weight is 499 g/mol. The highest BCUT2D eigenvalue weighted by molar-refractivity contribution is 5.90. The maximum atomic E-state index is 5.97. The molecule has 0 aliphatic carbocycles. The van der Waals surface area contributed by atoms with Crippen LogP contribution >= 0.6 is 0 Å². The number of ether oxygens (including phenoxy) is 2. The first kappa shape index (κ1) is 23.4. The molecular formula is C27H30N8O2. The average Bonchev–Trinajstić information content (AvgIpc) is 3.44. The molecule has 6 heterocycles. The van der Waals surface area contributed by atoms with Gasteiger partial charge in [-0.3, -0.25) is 9.97 Å². The van der Waals surface area contributed by atoms with Gasteiger partial charge in [0, 0.05) is 49.7 Å². The number of methoxy groups -OCH3 is 1. The molecule has 5 aromatic heterocycles. The molecule has 0 atom stereocenters. The van der Waals surface area contributed by atoms with Crippen molar-refractivity contribution in [2.45, 2.75) is 33.3 Å². The lowest BCUT2D eigenvalue weighted by molar-refractivity contribution is -0.0278. The first-order chi connectivity index (χ1) is 17.8. The number of hydrogen-bond donors (Lipinski definition) is 0. The molecule has 1 saturated heterocycles. The van der Waals surface area contributed by atoms with Gasteiger partial charge in [0.15, 0.2) is 11.6 Å².